The number of nitrogens with zero attached hydrogens (tertiary/aromatic N) is 3. The highest BCUT2D eigenvalue weighted by Crippen LogP contribution is 2.38. The maximum atomic E-state index is 14.1. The summed E-state index contributed by atoms with van der Waals surface area (Å²) in [6, 6.07) is 1.70. The molecule has 0 aliphatic rings. The third kappa shape index (κ3) is 5.17. The molecule has 156 valence electrons. The van der Waals surface area contributed by atoms with Crippen molar-refractivity contribution >= 4 is 31.0 Å². The van der Waals surface area contributed by atoms with Crippen molar-refractivity contribution < 1.29 is 8.82 Å². The van der Waals surface area contributed by atoms with Crippen LogP contribution in [0.5, 0.6) is 0 Å². The van der Waals surface area contributed by atoms with Crippen LogP contribution in [-0.2, 0) is 4.43 Å². The average molecular weight is 408 g/mol. The lowest BCUT2D eigenvalue weighted by atomic mass is 9.95. The summed E-state index contributed by atoms with van der Waals surface area (Å²) in [5, 5.41) is 4.19. The molecule has 0 aromatic carbocycles. The monoisotopic (exact) mass is 407 g/mol. The van der Waals surface area contributed by atoms with Crippen LogP contribution < -0.4 is 11.1 Å². The fourth-order valence-electron chi connectivity index (χ4n) is 2.72. The third-order valence-corrected chi connectivity index (χ3v) is 10.1. The number of unbranched alkanes of at least 4 members (excludes halogenated alkanes) is 1. The molecule has 0 unspecified atom stereocenters. The standard InChI is InChI=1S/C20H34FN5OSi/c1-8-9-11-20(5,13-27-28(6,7)19(2,3)4)26-17-14-10-12-23-16(21)15(14)24-18(22)25-17/h10,12H,8-9,11,13H2,1-7H3,(H3,22,24,25,26)/t20-/m1/s1. The normalized spacial score (nSPS) is 14.9. The molecule has 2 heterocycles. The summed E-state index contributed by atoms with van der Waals surface area (Å²) in [6.07, 6.45) is 4.43. The fourth-order valence-corrected chi connectivity index (χ4v) is 3.83. The molecule has 0 bridgehead atoms. The second kappa shape index (κ2) is 8.29. The van der Waals surface area contributed by atoms with Gasteiger partial charge in [-0.25, -0.2) is 9.97 Å². The van der Waals surface area contributed by atoms with Gasteiger partial charge in [0.25, 0.3) is 0 Å². The second-order valence-electron chi connectivity index (χ2n) is 9.27. The maximum Gasteiger partial charge on any atom is 0.239 e. The Bertz CT molecular complexity index is 824. The fraction of sp³-hybridized carbons (Fsp3) is 0.650. The molecule has 0 radical (unpaired) electrons. The molecule has 0 fully saturated rings. The number of pyridine rings is 1. The number of halogens is 1. The number of fused-ring (bicyclic) bond motifs is 1. The summed E-state index contributed by atoms with van der Waals surface area (Å²) < 4.78 is 20.6. The predicted molar refractivity (Wildman–Crippen MR) is 116 cm³/mol. The minimum atomic E-state index is -1.91. The van der Waals surface area contributed by atoms with Gasteiger partial charge in [0.05, 0.1) is 12.1 Å². The Balaban J connectivity index is 2.36. The molecule has 1 atom stereocenters. The first-order valence-corrected chi connectivity index (χ1v) is 12.8. The zero-order chi connectivity index (χ0) is 21.2. The Morgan fingerprint density at radius 3 is 2.50 bits per heavy atom. The minimum absolute atomic E-state index is 0.0186. The molecule has 0 aliphatic heterocycles. The lowest BCUT2D eigenvalue weighted by Gasteiger charge is -2.40. The van der Waals surface area contributed by atoms with Crippen molar-refractivity contribution in [2.24, 2.45) is 0 Å². The highest BCUT2D eigenvalue weighted by atomic mass is 28.4. The van der Waals surface area contributed by atoms with E-state index in [1.165, 1.54) is 6.20 Å². The van der Waals surface area contributed by atoms with Gasteiger partial charge in [0.15, 0.2) is 8.32 Å². The Morgan fingerprint density at radius 1 is 1.21 bits per heavy atom. The smallest absolute Gasteiger partial charge is 0.239 e. The van der Waals surface area contributed by atoms with E-state index in [2.05, 4.69) is 68.0 Å². The zero-order valence-electron chi connectivity index (χ0n) is 18.2. The number of nitrogens with two attached hydrogens (primary N) is 1. The number of rotatable bonds is 8. The highest BCUT2D eigenvalue weighted by molar-refractivity contribution is 6.74. The summed E-state index contributed by atoms with van der Waals surface area (Å²) in [7, 11) is -1.91. The van der Waals surface area contributed by atoms with Crippen molar-refractivity contribution in [3.8, 4) is 0 Å². The Hall–Kier alpha value is -1.80. The van der Waals surface area contributed by atoms with Crippen LogP contribution in [-0.4, -0.2) is 35.4 Å². The van der Waals surface area contributed by atoms with Crippen molar-refractivity contribution in [1.82, 2.24) is 15.0 Å². The molecule has 0 saturated carbocycles. The third-order valence-electron chi connectivity index (χ3n) is 5.65. The van der Waals surface area contributed by atoms with Crippen LogP contribution in [0.25, 0.3) is 10.9 Å². The summed E-state index contributed by atoms with van der Waals surface area (Å²) in [5.74, 6) is -0.117. The number of hydrogen-bond acceptors (Lipinski definition) is 6. The maximum absolute atomic E-state index is 14.1. The summed E-state index contributed by atoms with van der Waals surface area (Å²) in [4.78, 5) is 12.0. The van der Waals surface area contributed by atoms with E-state index in [0.29, 0.717) is 17.8 Å². The van der Waals surface area contributed by atoms with Gasteiger partial charge in [0.2, 0.25) is 11.9 Å². The average Bonchev–Trinajstić information content (AvgIpc) is 2.58. The van der Waals surface area contributed by atoms with Gasteiger partial charge in [-0.2, -0.15) is 9.37 Å². The van der Waals surface area contributed by atoms with Crippen molar-refractivity contribution in [3.63, 3.8) is 0 Å². The van der Waals surface area contributed by atoms with E-state index in [4.69, 9.17) is 10.2 Å². The Kier molecular flexibility index (Phi) is 6.65. The first-order chi connectivity index (χ1) is 12.9. The van der Waals surface area contributed by atoms with Crippen LogP contribution in [0.3, 0.4) is 0 Å². The van der Waals surface area contributed by atoms with Crippen LogP contribution >= 0.6 is 0 Å². The van der Waals surface area contributed by atoms with Crippen molar-refractivity contribution in [3.05, 3.63) is 18.2 Å². The number of nitrogen functional groups attached to an aromatic ring is 1. The topological polar surface area (TPSA) is 86.0 Å². The van der Waals surface area contributed by atoms with Gasteiger partial charge < -0.3 is 15.5 Å². The van der Waals surface area contributed by atoms with Gasteiger partial charge in [-0.15, -0.1) is 0 Å². The van der Waals surface area contributed by atoms with Crippen molar-refractivity contribution in [2.45, 2.75) is 77.6 Å². The molecule has 28 heavy (non-hydrogen) atoms. The number of hydrogen-bond donors (Lipinski definition) is 2. The second-order valence-corrected chi connectivity index (χ2v) is 14.1. The number of aromatic nitrogens is 3. The van der Waals surface area contributed by atoms with Gasteiger partial charge >= 0.3 is 0 Å². The Labute approximate surface area is 168 Å². The van der Waals surface area contributed by atoms with Crippen LogP contribution in [0.1, 0.15) is 53.9 Å². The van der Waals surface area contributed by atoms with E-state index in [-0.39, 0.29) is 22.0 Å². The number of anilines is 2. The summed E-state index contributed by atoms with van der Waals surface area (Å²) in [6.45, 7) is 16.0. The van der Waals surface area contributed by atoms with E-state index in [1.807, 2.05) is 0 Å². The lowest BCUT2D eigenvalue weighted by molar-refractivity contribution is 0.214. The van der Waals surface area contributed by atoms with E-state index < -0.39 is 14.3 Å². The first-order valence-electron chi connectivity index (χ1n) is 9.88. The lowest BCUT2D eigenvalue weighted by Crippen LogP contribution is -2.48. The largest absolute Gasteiger partial charge is 0.414 e. The van der Waals surface area contributed by atoms with Crippen LogP contribution in [0.15, 0.2) is 12.3 Å². The highest BCUT2D eigenvalue weighted by Gasteiger charge is 2.39. The SMILES string of the molecule is CCCC[C@](C)(CO[Si](C)(C)C(C)(C)C)Nc1nc(N)nc2c(F)nccc12. The predicted octanol–water partition coefficient (Wildman–Crippen LogP) is 5.13. The molecule has 2 rings (SSSR count). The van der Waals surface area contributed by atoms with E-state index in [1.54, 1.807) is 6.07 Å². The summed E-state index contributed by atoms with van der Waals surface area (Å²) in [5.41, 5.74) is 5.60. The van der Waals surface area contributed by atoms with E-state index in [0.717, 1.165) is 19.3 Å². The van der Waals surface area contributed by atoms with Crippen LogP contribution in [0, 0.1) is 5.95 Å². The summed E-state index contributed by atoms with van der Waals surface area (Å²) >= 11 is 0. The van der Waals surface area contributed by atoms with Crippen molar-refractivity contribution in [1.29, 1.82) is 0 Å². The molecule has 3 N–H and O–H groups in total. The quantitative estimate of drug-likeness (QED) is 0.466. The minimum Gasteiger partial charge on any atom is -0.414 e. The molecule has 8 heteroatoms. The molecular formula is C20H34FN5OSi. The van der Waals surface area contributed by atoms with Gasteiger partial charge in [-0.3, -0.25) is 0 Å². The van der Waals surface area contributed by atoms with Gasteiger partial charge in [0.1, 0.15) is 11.3 Å². The zero-order valence-corrected chi connectivity index (χ0v) is 19.2. The van der Waals surface area contributed by atoms with E-state index >= 15 is 0 Å². The molecule has 0 aliphatic carbocycles. The molecule has 0 spiro atoms. The van der Waals surface area contributed by atoms with Gasteiger partial charge in [-0.1, -0.05) is 40.5 Å². The molecule has 0 saturated heterocycles. The Morgan fingerprint density at radius 2 is 1.89 bits per heavy atom. The van der Waals surface area contributed by atoms with Crippen LogP contribution in [0.2, 0.25) is 18.1 Å². The molecular weight excluding hydrogens is 373 g/mol. The molecule has 0 amide bonds. The van der Waals surface area contributed by atoms with Crippen LogP contribution in [0.4, 0.5) is 16.2 Å². The molecule has 2 aromatic rings. The molecule has 2 aromatic heterocycles. The van der Waals surface area contributed by atoms with Crippen molar-refractivity contribution in [2.75, 3.05) is 17.7 Å². The number of nitrogens with one attached hydrogen (secondary N) is 1. The van der Waals surface area contributed by atoms with E-state index in [9.17, 15) is 4.39 Å². The van der Waals surface area contributed by atoms with Gasteiger partial charge in [0, 0.05) is 11.6 Å². The first kappa shape index (κ1) is 22.5. The molecule has 6 nitrogen and oxygen atoms in total. The van der Waals surface area contributed by atoms with Gasteiger partial charge in [-0.05, 0) is 37.5 Å².